The molecule has 0 radical (unpaired) electrons. The minimum absolute atomic E-state index is 0.158. The number of pyridine rings is 1. The number of carboxylic acids is 1. The van der Waals surface area contributed by atoms with Crippen molar-refractivity contribution in [2.75, 3.05) is 13.2 Å². The normalized spacial score (nSPS) is 10.7. The van der Waals surface area contributed by atoms with Gasteiger partial charge in [-0.15, -0.1) is 0 Å². The zero-order valence-corrected chi connectivity index (χ0v) is 15.7. The van der Waals surface area contributed by atoms with Gasteiger partial charge in [-0.05, 0) is 37.5 Å². The Labute approximate surface area is 158 Å². The fourth-order valence-corrected chi connectivity index (χ4v) is 2.70. The van der Waals surface area contributed by atoms with Crippen LogP contribution in [-0.2, 0) is 11.2 Å². The third-order valence-electron chi connectivity index (χ3n) is 4.18. The molecular weight excluding hydrogens is 348 g/mol. The van der Waals surface area contributed by atoms with Gasteiger partial charge in [0.2, 0.25) is 0 Å². The van der Waals surface area contributed by atoms with Crippen molar-refractivity contribution in [1.29, 1.82) is 0 Å². The molecule has 2 aromatic rings. The van der Waals surface area contributed by atoms with Gasteiger partial charge in [0.05, 0.1) is 6.61 Å². The van der Waals surface area contributed by atoms with Crippen LogP contribution in [0.5, 0.6) is 11.5 Å². The Morgan fingerprint density at radius 1 is 1.15 bits per heavy atom. The van der Waals surface area contributed by atoms with Gasteiger partial charge in [0.1, 0.15) is 12.3 Å². The zero-order valence-electron chi connectivity index (χ0n) is 15.7. The van der Waals surface area contributed by atoms with Crippen LogP contribution in [0.25, 0.3) is 10.8 Å². The molecule has 3 N–H and O–H groups in total. The molecule has 1 heterocycles. The van der Waals surface area contributed by atoms with E-state index in [1.165, 1.54) is 0 Å². The number of aryl methyl sites for hydroxylation is 1. The monoisotopic (exact) mass is 374 g/mol. The number of carbonyl (C=O) groups excluding carboxylic acids is 1. The van der Waals surface area contributed by atoms with E-state index in [2.05, 4.69) is 24.1 Å². The molecule has 7 nitrogen and oxygen atoms in total. The summed E-state index contributed by atoms with van der Waals surface area (Å²) in [4.78, 5) is 27.3. The number of aromatic nitrogens is 1. The molecule has 0 saturated heterocycles. The van der Waals surface area contributed by atoms with Crippen LogP contribution in [0.2, 0.25) is 0 Å². The van der Waals surface area contributed by atoms with Crippen LogP contribution in [0, 0.1) is 0 Å². The second kappa shape index (κ2) is 9.75. The molecule has 2 rings (SSSR count). The number of nitrogens with one attached hydrogen (secondary N) is 1. The highest BCUT2D eigenvalue weighted by molar-refractivity contribution is 6.03. The molecular formula is C20H26N2O5. The van der Waals surface area contributed by atoms with Gasteiger partial charge >= 0.3 is 5.97 Å². The number of hydrogen-bond donors (Lipinski definition) is 3. The summed E-state index contributed by atoms with van der Waals surface area (Å²) < 4.78 is 5.74. The van der Waals surface area contributed by atoms with Crippen LogP contribution >= 0.6 is 0 Å². The second-order valence-electron chi connectivity index (χ2n) is 6.35. The summed E-state index contributed by atoms with van der Waals surface area (Å²) in [5, 5.41) is 22.7. The second-order valence-corrected chi connectivity index (χ2v) is 6.35. The first-order valence-corrected chi connectivity index (χ1v) is 9.26. The number of nitrogens with zero attached hydrogens (tertiary/aromatic N) is 1. The van der Waals surface area contributed by atoms with Crippen molar-refractivity contribution < 1.29 is 24.5 Å². The molecule has 0 aliphatic rings. The smallest absolute Gasteiger partial charge is 0.322 e. The molecule has 27 heavy (non-hydrogen) atoms. The number of hydrogen-bond acceptors (Lipinski definition) is 5. The van der Waals surface area contributed by atoms with Crippen LogP contribution in [0.3, 0.4) is 0 Å². The van der Waals surface area contributed by atoms with Gasteiger partial charge in [-0.3, -0.25) is 9.59 Å². The van der Waals surface area contributed by atoms with Gasteiger partial charge in [-0.25, -0.2) is 4.98 Å². The van der Waals surface area contributed by atoms with Crippen molar-refractivity contribution in [3.8, 4) is 11.5 Å². The molecule has 0 bridgehead atoms. The molecule has 0 atom stereocenters. The third-order valence-corrected chi connectivity index (χ3v) is 4.18. The van der Waals surface area contributed by atoms with E-state index in [4.69, 9.17) is 9.84 Å². The molecule has 146 valence electrons. The predicted molar refractivity (Wildman–Crippen MR) is 102 cm³/mol. The Kier molecular flexibility index (Phi) is 7.40. The molecule has 0 saturated carbocycles. The lowest BCUT2D eigenvalue weighted by molar-refractivity contribution is -0.135. The Hall–Kier alpha value is -2.83. The van der Waals surface area contributed by atoms with E-state index >= 15 is 0 Å². The molecule has 1 aromatic carbocycles. The number of carbonyl (C=O) groups is 2. The summed E-state index contributed by atoms with van der Waals surface area (Å²) in [6.45, 7) is 4.22. The number of carboxylic acid groups (broad SMARTS) is 1. The maximum Gasteiger partial charge on any atom is 0.322 e. The van der Waals surface area contributed by atoms with E-state index in [9.17, 15) is 14.7 Å². The maximum absolute atomic E-state index is 12.3. The highest BCUT2D eigenvalue weighted by Gasteiger charge is 2.20. The Morgan fingerprint density at radius 2 is 1.89 bits per heavy atom. The molecule has 7 heteroatoms. The maximum atomic E-state index is 12.3. The molecule has 0 fully saturated rings. The molecule has 1 aromatic heterocycles. The highest BCUT2D eigenvalue weighted by Crippen LogP contribution is 2.33. The number of aromatic hydroxyl groups is 1. The summed E-state index contributed by atoms with van der Waals surface area (Å²) in [5.41, 5.74) is 0.528. The predicted octanol–water partition coefficient (Wildman–Crippen LogP) is 3.28. The van der Waals surface area contributed by atoms with Crippen LogP contribution in [0.1, 0.15) is 55.7 Å². The number of aliphatic carboxylic acids is 1. The fourth-order valence-electron chi connectivity index (χ4n) is 2.70. The lowest BCUT2D eigenvalue weighted by Gasteiger charge is -2.13. The average Bonchev–Trinajstić information content (AvgIpc) is 2.65. The molecule has 0 aliphatic heterocycles. The first kappa shape index (κ1) is 20.5. The Balaban J connectivity index is 2.44. The van der Waals surface area contributed by atoms with Crippen LogP contribution < -0.4 is 10.1 Å². The number of ether oxygens (including phenoxy) is 1. The summed E-state index contributed by atoms with van der Waals surface area (Å²) in [6.07, 6.45) is 4.46. The number of rotatable bonds is 10. The first-order valence-electron chi connectivity index (χ1n) is 9.26. The SMILES string of the molecule is CCCCOc1ccc2c(O)c(C(=O)NCC(=O)O)nc(CCCC)c2c1. The molecule has 1 amide bonds. The van der Waals surface area contributed by atoms with Crippen molar-refractivity contribution in [3.63, 3.8) is 0 Å². The Bertz CT molecular complexity index is 820. The Morgan fingerprint density at radius 3 is 2.56 bits per heavy atom. The number of benzene rings is 1. The minimum Gasteiger partial charge on any atom is -0.505 e. The molecule has 0 aliphatic carbocycles. The molecule has 0 unspecified atom stereocenters. The van der Waals surface area contributed by atoms with Gasteiger partial charge in [0.15, 0.2) is 11.4 Å². The highest BCUT2D eigenvalue weighted by atomic mass is 16.5. The van der Waals surface area contributed by atoms with Crippen molar-refractivity contribution >= 4 is 22.6 Å². The van der Waals surface area contributed by atoms with Crippen LogP contribution in [0.15, 0.2) is 18.2 Å². The van der Waals surface area contributed by atoms with E-state index in [1.54, 1.807) is 12.1 Å². The minimum atomic E-state index is -1.16. The largest absolute Gasteiger partial charge is 0.505 e. The zero-order chi connectivity index (χ0) is 19.8. The summed E-state index contributed by atoms with van der Waals surface area (Å²) >= 11 is 0. The third kappa shape index (κ3) is 5.32. The van der Waals surface area contributed by atoms with E-state index in [0.717, 1.165) is 31.1 Å². The standard InChI is InChI=1S/C20H26N2O5/c1-3-5-7-16-15-11-13(27-10-6-4-2)8-9-14(15)19(25)18(22-16)20(26)21-12-17(23)24/h8-9,11,25H,3-7,10,12H2,1-2H3,(H,21,26)(H,23,24). The topological polar surface area (TPSA) is 109 Å². The average molecular weight is 374 g/mol. The van der Waals surface area contributed by atoms with Gasteiger partial charge in [0.25, 0.3) is 5.91 Å². The lowest BCUT2D eigenvalue weighted by Crippen LogP contribution is -2.30. The van der Waals surface area contributed by atoms with Gasteiger partial charge < -0.3 is 20.3 Å². The van der Waals surface area contributed by atoms with Crippen molar-refractivity contribution in [2.24, 2.45) is 0 Å². The van der Waals surface area contributed by atoms with Crippen LogP contribution in [0.4, 0.5) is 0 Å². The quantitative estimate of drug-likeness (QED) is 0.551. The van der Waals surface area contributed by atoms with E-state index in [-0.39, 0.29) is 11.4 Å². The van der Waals surface area contributed by atoms with Gasteiger partial charge in [-0.2, -0.15) is 0 Å². The fraction of sp³-hybridized carbons (Fsp3) is 0.450. The lowest BCUT2D eigenvalue weighted by atomic mass is 10.0. The molecule has 0 spiro atoms. The van der Waals surface area contributed by atoms with Crippen molar-refractivity contribution in [1.82, 2.24) is 10.3 Å². The van der Waals surface area contributed by atoms with Crippen molar-refractivity contribution in [3.05, 3.63) is 29.6 Å². The first-order chi connectivity index (χ1) is 13.0. The number of unbranched alkanes of at least 4 members (excludes halogenated alkanes) is 2. The van der Waals surface area contributed by atoms with Gasteiger partial charge in [-0.1, -0.05) is 26.7 Å². The summed E-state index contributed by atoms with van der Waals surface area (Å²) in [5.74, 6) is -1.44. The van der Waals surface area contributed by atoms with Crippen LogP contribution in [-0.4, -0.2) is 40.2 Å². The number of fused-ring (bicyclic) bond motifs is 1. The van der Waals surface area contributed by atoms with Gasteiger partial charge in [0, 0.05) is 16.5 Å². The summed E-state index contributed by atoms with van der Waals surface area (Å²) in [7, 11) is 0. The summed E-state index contributed by atoms with van der Waals surface area (Å²) in [6, 6.07) is 5.29. The van der Waals surface area contributed by atoms with Crippen molar-refractivity contribution in [2.45, 2.75) is 46.0 Å². The van der Waals surface area contributed by atoms with E-state index in [1.807, 2.05) is 6.07 Å². The van der Waals surface area contributed by atoms with E-state index in [0.29, 0.717) is 29.9 Å². The van der Waals surface area contributed by atoms with E-state index < -0.39 is 18.4 Å². The number of amides is 1.